The second-order valence-electron chi connectivity index (χ2n) is 6.07. The summed E-state index contributed by atoms with van der Waals surface area (Å²) in [5.41, 5.74) is 0. The monoisotopic (exact) mass is 308 g/mol. The van der Waals surface area contributed by atoms with Crippen LogP contribution in [-0.2, 0) is 4.43 Å². The van der Waals surface area contributed by atoms with Gasteiger partial charge in [0.05, 0.1) is 0 Å². The molecule has 98 valence electrons. The maximum absolute atomic E-state index is 6.13. The third-order valence-electron chi connectivity index (χ3n) is 3.55. The van der Waals surface area contributed by atoms with E-state index in [2.05, 4.69) is 49.8 Å². The van der Waals surface area contributed by atoms with Crippen molar-refractivity contribution in [1.82, 2.24) is 0 Å². The summed E-state index contributed by atoms with van der Waals surface area (Å²) in [5, 5.41) is 1.50. The van der Waals surface area contributed by atoms with E-state index in [1.807, 2.05) is 0 Å². The van der Waals surface area contributed by atoms with Crippen LogP contribution in [0.4, 0.5) is 0 Å². The summed E-state index contributed by atoms with van der Waals surface area (Å²) in [5.74, 6) is 0. The van der Waals surface area contributed by atoms with Gasteiger partial charge in [-0.25, -0.2) is 0 Å². The van der Waals surface area contributed by atoms with Gasteiger partial charge < -0.3 is 4.43 Å². The number of unbranched alkanes of at least 4 members (excludes halogenated alkanes) is 4. The van der Waals surface area contributed by atoms with Gasteiger partial charge in [0.25, 0.3) is 0 Å². The van der Waals surface area contributed by atoms with Gasteiger partial charge in [-0.2, -0.15) is 0 Å². The molecule has 0 N–H and O–H groups in total. The summed E-state index contributed by atoms with van der Waals surface area (Å²) >= 11 is 3.46. The molecule has 0 rings (SSSR count). The van der Waals surface area contributed by atoms with Gasteiger partial charge in [-0.3, -0.25) is 0 Å². The fraction of sp³-hybridized carbons (Fsp3) is 1.00. The topological polar surface area (TPSA) is 9.23 Å². The van der Waals surface area contributed by atoms with Crippen molar-refractivity contribution in [3.8, 4) is 0 Å². The Labute approximate surface area is 112 Å². The molecule has 0 aromatic rings. The summed E-state index contributed by atoms with van der Waals surface area (Å²) in [6, 6.07) is 0. The molecule has 0 aliphatic carbocycles. The number of hydrogen-bond donors (Lipinski definition) is 0. The summed E-state index contributed by atoms with van der Waals surface area (Å²) in [7, 11) is -1.49. The fourth-order valence-corrected chi connectivity index (χ4v) is 2.75. The van der Waals surface area contributed by atoms with E-state index in [1.165, 1.54) is 32.1 Å². The third kappa shape index (κ3) is 7.07. The van der Waals surface area contributed by atoms with Gasteiger partial charge in [0.2, 0.25) is 0 Å². The molecule has 0 bridgehead atoms. The average Bonchev–Trinajstić information content (AvgIpc) is 2.14. The Hall–Kier alpha value is 0.657. The Morgan fingerprint density at radius 2 is 1.44 bits per heavy atom. The van der Waals surface area contributed by atoms with Crippen LogP contribution in [0.15, 0.2) is 0 Å². The zero-order chi connectivity index (χ0) is 12.7. The van der Waals surface area contributed by atoms with E-state index < -0.39 is 8.32 Å². The highest BCUT2D eigenvalue weighted by Gasteiger charge is 2.36. The fourth-order valence-electron chi connectivity index (χ4n) is 1.27. The van der Waals surface area contributed by atoms with E-state index in [1.54, 1.807) is 0 Å². The first kappa shape index (κ1) is 16.7. The van der Waals surface area contributed by atoms with E-state index in [-0.39, 0.29) is 0 Å². The molecule has 0 saturated heterocycles. The van der Waals surface area contributed by atoms with Crippen LogP contribution < -0.4 is 0 Å². The van der Waals surface area contributed by atoms with Gasteiger partial charge in [-0.1, -0.05) is 56.0 Å². The van der Waals surface area contributed by atoms with Crippen molar-refractivity contribution in [2.24, 2.45) is 0 Å². The van der Waals surface area contributed by atoms with Crippen molar-refractivity contribution in [2.45, 2.75) is 71.0 Å². The van der Waals surface area contributed by atoms with Crippen molar-refractivity contribution in [1.29, 1.82) is 0 Å². The van der Waals surface area contributed by atoms with Crippen molar-refractivity contribution in [3.63, 3.8) is 0 Å². The van der Waals surface area contributed by atoms with Crippen molar-refractivity contribution < 1.29 is 4.43 Å². The van der Waals surface area contributed by atoms with Crippen LogP contribution in [0.3, 0.4) is 0 Å². The molecule has 3 heteroatoms. The van der Waals surface area contributed by atoms with Gasteiger partial charge in [0.1, 0.15) is 0 Å². The minimum absolute atomic E-state index is 0.350. The number of hydrogen-bond acceptors (Lipinski definition) is 1. The quantitative estimate of drug-likeness (QED) is 0.333. The molecule has 0 unspecified atom stereocenters. The molecule has 0 atom stereocenters. The second-order valence-corrected chi connectivity index (χ2v) is 11.7. The van der Waals surface area contributed by atoms with Gasteiger partial charge in [-0.15, -0.1) is 0 Å². The Morgan fingerprint density at radius 1 is 0.938 bits per heavy atom. The standard InChI is InChI=1S/C13H29BrOSi/c1-13(2,3)16(4,5)15-12-10-8-6-7-9-11-14/h6-12H2,1-5H3. The van der Waals surface area contributed by atoms with Crippen LogP contribution >= 0.6 is 15.9 Å². The number of rotatable bonds is 8. The minimum atomic E-state index is -1.49. The lowest BCUT2D eigenvalue weighted by atomic mass is 10.2. The molecular formula is C13H29BrOSi. The van der Waals surface area contributed by atoms with Crippen LogP contribution in [0.1, 0.15) is 52.9 Å². The molecule has 0 radical (unpaired) electrons. The third-order valence-corrected chi connectivity index (χ3v) is 8.65. The highest BCUT2D eigenvalue weighted by Crippen LogP contribution is 2.36. The molecule has 0 aromatic carbocycles. The lowest BCUT2D eigenvalue weighted by molar-refractivity contribution is 0.277. The molecular weight excluding hydrogens is 280 g/mol. The highest BCUT2D eigenvalue weighted by atomic mass is 79.9. The van der Waals surface area contributed by atoms with E-state index in [9.17, 15) is 0 Å². The molecule has 16 heavy (non-hydrogen) atoms. The summed E-state index contributed by atoms with van der Waals surface area (Å²) in [6.07, 6.45) is 6.57. The predicted molar refractivity (Wildman–Crippen MR) is 80.0 cm³/mol. The van der Waals surface area contributed by atoms with Gasteiger partial charge >= 0.3 is 0 Å². The van der Waals surface area contributed by atoms with Gasteiger partial charge in [-0.05, 0) is 31.0 Å². The van der Waals surface area contributed by atoms with Gasteiger partial charge in [0, 0.05) is 11.9 Å². The minimum Gasteiger partial charge on any atom is -0.417 e. The first-order valence-corrected chi connectivity index (χ1v) is 10.5. The molecule has 0 aliphatic heterocycles. The van der Waals surface area contributed by atoms with Crippen molar-refractivity contribution in [2.75, 3.05) is 11.9 Å². The van der Waals surface area contributed by atoms with Crippen LogP contribution in [-0.4, -0.2) is 20.3 Å². The Bertz CT molecular complexity index is 175. The number of halogens is 1. The molecule has 0 heterocycles. The number of alkyl halides is 1. The van der Waals surface area contributed by atoms with Crippen LogP contribution in [0.2, 0.25) is 18.1 Å². The Kier molecular flexibility index (Phi) is 8.21. The lowest BCUT2D eigenvalue weighted by Gasteiger charge is -2.36. The van der Waals surface area contributed by atoms with Crippen LogP contribution in [0.25, 0.3) is 0 Å². The first-order chi connectivity index (χ1) is 7.31. The Balaban J connectivity index is 3.51. The normalized spacial score (nSPS) is 13.1. The predicted octanol–water partition coefficient (Wildman–Crippen LogP) is 5.35. The molecule has 0 fully saturated rings. The van der Waals surface area contributed by atoms with E-state index in [0.717, 1.165) is 11.9 Å². The summed E-state index contributed by atoms with van der Waals surface area (Å²) in [6.45, 7) is 12.5. The van der Waals surface area contributed by atoms with Crippen LogP contribution in [0, 0.1) is 0 Å². The molecule has 0 aliphatic rings. The molecule has 1 nitrogen and oxygen atoms in total. The van der Waals surface area contributed by atoms with Gasteiger partial charge in [0.15, 0.2) is 8.32 Å². The smallest absolute Gasteiger partial charge is 0.191 e. The first-order valence-electron chi connectivity index (χ1n) is 6.51. The maximum Gasteiger partial charge on any atom is 0.191 e. The molecule has 0 amide bonds. The summed E-state index contributed by atoms with van der Waals surface area (Å²) < 4.78 is 6.13. The van der Waals surface area contributed by atoms with Crippen molar-refractivity contribution in [3.05, 3.63) is 0 Å². The maximum atomic E-state index is 6.13. The molecule has 0 aromatic heterocycles. The van der Waals surface area contributed by atoms with E-state index in [4.69, 9.17) is 4.43 Å². The zero-order valence-electron chi connectivity index (χ0n) is 11.7. The highest BCUT2D eigenvalue weighted by molar-refractivity contribution is 9.09. The lowest BCUT2D eigenvalue weighted by Crippen LogP contribution is -2.40. The second kappa shape index (κ2) is 7.88. The van der Waals surface area contributed by atoms with Crippen molar-refractivity contribution >= 4 is 24.2 Å². The largest absolute Gasteiger partial charge is 0.417 e. The van der Waals surface area contributed by atoms with E-state index in [0.29, 0.717) is 5.04 Å². The Morgan fingerprint density at radius 3 is 1.94 bits per heavy atom. The summed E-state index contributed by atoms with van der Waals surface area (Å²) in [4.78, 5) is 0. The average molecular weight is 309 g/mol. The van der Waals surface area contributed by atoms with E-state index >= 15 is 0 Å². The molecule has 0 saturated carbocycles. The zero-order valence-corrected chi connectivity index (χ0v) is 14.3. The van der Waals surface area contributed by atoms with Crippen LogP contribution in [0.5, 0.6) is 0 Å². The SMILES string of the molecule is CC(C)(C)[Si](C)(C)OCCCCCCCBr. The molecule has 0 spiro atoms.